The van der Waals surface area contributed by atoms with Crippen molar-refractivity contribution in [2.45, 2.75) is 51.6 Å². The third-order valence-corrected chi connectivity index (χ3v) is 8.44. The highest BCUT2D eigenvalue weighted by Crippen LogP contribution is 2.36. The lowest BCUT2D eigenvalue weighted by molar-refractivity contribution is 0.170. The van der Waals surface area contributed by atoms with Crippen molar-refractivity contribution in [1.82, 2.24) is 0 Å². The predicted octanol–water partition coefficient (Wildman–Crippen LogP) is 5.25. The molecule has 21 heavy (non-hydrogen) atoms. The van der Waals surface area contributed by atoms with E-state index in [1.165, 1.54) is 5.56 Å². The molecule has 1 aromatic rings. The third-order valence-electron chi connectivity index (χ3n) is 3.74. The van der Waals surface area contributed by atoms with Crippen LogP contribution in [0.3, 0.4) is 0 Å². The largest absolute Gasteiger partial charge is 0.394 e. The number of hydrogen-bond acceptors (Lipinski definition) is 2. The molecule has 4 heteroatoms. The Labute approximate surface area is 136 Å². The molecule has 0 aliphatic heterocycles. The van der Waals surface area contributed by atoms with Crippen molar-refractivity contribution < 1.29 is 8.85 Å². The van der Waals surface area contributed by atoms with Gasteiger partial charge in [-0.2, -0.15) is 0 Å². The topological polar surface area (TPSA) is 18.5 Å². The number of hydrogen-bond donors (Lipinski definition) is 0. The van der Waals surface area contributed by atoms with Gasteiger partial charge in [-0.1, -0.05) is 43.7 Å². The second-order valence-corrected chi connectivity index (χ2v) is 9.00. The van der Waals surface area contributed by atoms with Gasteiger partial charge in [0, 0.05) is 24.6 Å². The molecule has 0 aliphatic carbocycles. The van der Waals surface area contributed by atoms with Gasteiger partial charge in [-0.3, -0.25) is 0 Å². The van der Waals surface area contributed by atoms with Crippen LogP contribution in [0.4, 0.5) is 0 Å². The molecule has 1 unspecified atom stereocenters. The monoisotopic (exact) mass is 328 g/mol. The van der Waals surface area contributed by atoms with Crippen molar-refractivity contribution in [2.75, 3.05) is 19.1 Å². The lowest BCUT2D eigenvalue weighted by Crippen LogP contribution is -2.48. The maximum Gasteiger partial charge on any atom is 0.345 e. The second-order valence-electron chi connectivity index (χ2n) is 5.22. The molecule has 0 saturated carbocycles. The van der Waals surface area contributed by atoms with Crippen LogP contribution in [0.15, 0.2) is 30.3 Å². The van der Waals surface area contributed by atoms with Crippen molar-refractivity contribution in [3.8, 4) is 0 Å². The number of benzene rings is 1. The van der Waals surface area contributed by atoms with E-state index in [4.69, 9.17) is 20.5 Å². The first kappa shape index (κ1) is 18.7. The SMILES string of the molecule is CCC[Si](OCC)(OCC)C(CCCCl)c1ccccc1. The average Bonchev–Trinajstić information content (AvgIpc) is 2.49. The lowest BCUT2D eigenvalue weighted by atomic mass is 10.1. The van der Waals surface area contributed by atoms with Crippen LogP contribution in [-0.2, 0) is 8.85 Å². The first-order chi connectivity index (χ1) is 10.2. The summed E-state index contributed by atoms with van der Waals surface area (Å²) in [6.45, 7) is 7.79. The van der Waals surface area contributed by atoms with Crippen LogP contribution in [-0.4, -0.2) is 27.7 Å². The Hall–Kier alpha value is -0.353. The summed E-state index contributed by atoms with van der Waals surface area (Å²) in [7, 11) is -2.26. The van der Waals surface area contributed by atoms with E-state index in [-0.39, 0.29) is 0 Å². The molecule has 2 nitrogen and oxygen atoms in total. The van der Waals surface area contributed by atoms with E-state index >= 15 is 0 Å². The minimum Gasteiger partial charge on any atom is -0.394 e. The average molecular weight is 329 g/mol. The smallest absolute Gasteiger partial charge is 0.345 e. The summed E-state index contributed by atoms with van der Waals surface area (Å²) >= 11 is 5.95. The van der Waals surface area contributed by atoms with Gasteiger partial charge in [-0.15, -0.1) is 11.6 Å². The van der Waals surface area contributed by atoms with Crippen molar-refractivity contribution in [2.24, 2.45) is 0 Å². The molecule has 0 spiro atoms. The molecule has 0 bridgehead atoms. The summed E-state index contributed by atoms with van der Waals surface area (Å²) in [4.78, 5) is 0. The van der Waals surface area contributed by atoms with Crippen molar-refractivity contribution in [3.05, 3.63) is 35.9 Å². The Morgan fingerprint density at radius 2 is 1.67 bits per heavy atom. The van der Waals surface area contributed by atoms with E-state index in [9.17, 15) is 0 Å². The molecule has 0 fully saturated rings. The molecule has 1 aromatic carbocycles. The van der Waals surface area contributed by atoms with Crippen LogP contribution in [0.2, 0.25) is 6.04 Å². The Bertz CT molecular complexity index is 355. The Morgan fingerprint density at radius 1 is 1.05 bits per heavy atom. The molecule has 120 valence electrons. The van der Waals surface area contributed by atoms with Crippen molar-refractivity contribution >= 4 is 20.2 Å². The zero-order valence-corrected chi connectivity index (χ0v) is 15.4. The predicted molar refractivity (Wildman–Crippen MR) is 93.2 cm³/mol. The first-order valence-electron chi connectivity index (χ1n) is 8.12. The highest BCUT2D eigenvalue weighted by atomic mass is 35.5. The van der Waals surface area contributed by atoms with Gasteiger partial charge < -0.3 is 8.85 Å². The van der Waals surface area contributed by atoms with Crippen LogP contribution in [0.25, 0.3) is 0 Å². The highest BCUT2D eigenvalue weighted by Gasteiger charge is 2.45. The maximum atomic E-state index is 6.30. The summed E-state index contributed by atoms with van der Waals surface area (Å²) in [5, 5.41) is 0. The number of alkyl halides is 1. The Balaban J connectivity index is 3.14. The molecule has 1 rings (SSSR count). The Morgan fingerprint density at radius 3 is 2.14 bits per heavy atom. The highest BCUT2D eigenvalue weighted by molar-refractivity contribution is 6.69. The van der Waals surface area contributed by atoms with Gasteiger partial charge in [0.2, 0.25) is 0 Å². The number of halogens is 1. The van der Waals surface area contributed by atoms with Crippen LogP contribution >= 0.6 is 11.6 Å². The first-order valence-corrected chi connectivity index (χ1v) is 10.8. The summed E-state index contributed by atoms with van der Waals surface area (Å²) in [5.74, 6) is 0.693. The Kier molecular flexibility index (Phi) is 9.25. The van der Waals surface area contributed by atoms with Gasteiger partial charge >= 0.3 is 8.56 Å². The third kappa shape index (κ3) is 5.40. The van der Waals surface area contributed by atoms with Gasteiger partial charge in [-0.05, 0) is 38.3 Å². The van der Waals surface area contributed by atoms with Crippen LogP contribution in [0.1, 0.15) is 51.1 Å². The molecular formula is C17H29ClO2Si. The molecule has 1 atom stereocenters. The molecule has 0 radical (unpaired) electrons. The summed E-state index contributed by atoms with van der Waals surface area (Å²) < 4.78 is 12.6. The van der Waals surface area contributed by atoms with Gasteiger partial charge in [0.25, 0.3) is 0 Å². The van der Waals surface area contributed by atoms with E-state index in [0.717, 1.165) is 38.5 Å². The molecule has 0 N–H and O–H groups in total. The quantitative estimate of drug-likeness (QED) is 0.408. The van der Waals surface area contributed by atoms with Crippen LogP contribution < -0.4 is 0 Å². The lowest BCUT2D eigenvalue weighted by Gasteiger charge is -2.37. The maximum absolute atomic E-state index is 6.30. The molecule has 0 amide bonds. The normalized spacial score (nSPS) is 13.3. The van der Waals surface area contributed by atoms with Gasteiger partial charge in [0.05, 0.1) is 0 Å². The standard InChI is InChI=1S/C17H29ClO2Si/c1-4-15-21(19-5-2,20-6-3)17(13-10-14-18)16-11-8-7-9-12-16/h7-9,11-12,17H,4-6,10,13-15H2,1-3H3. The van der Waals surface area contributed by atoms with Gasteiger partial charge in [0.15, 0.2) is 0 Å². The van der Waals surface area contributed by atoms with E-state index in [0.29, 0.717) is 11.4 Å². The minimum absolute atomic E-state index is 0.359. The van der Waals surface area contributed by atoms with Gasteiger partial charge in [-0.25, -0.2) is 0 Å². The molecule has 0 aliphatic rings. The number of rotatable bonds is 11. The second kappa shape index (κ2) is 10.4. The minimum atomic E-state index is -2.26. The van der Waals surface area contributed by atoms with Crippen LogP contribution in [0.5, 0.6) is 0 Å². The van der Waals surface area contributed by atoms with E-state index in [2.05, 4.69) is 51.1 Å². The summed E-state index contributed by atoms with van der Waals surface area (Å²) in [6.07, 6.45) is 3.13. The van der Waals surface area contributed by atoms with E-state index in [1.807, 2.05) is 0 Å². The van der Waals surface area contributed by atoms with Gasteiger partial charge in [0.1, 0.15) is 0 Å². The van der Waals surface area contributed by atoms with Crippen LogP contribution in [0, 0.1) is 0 Å². The van der Waals surface area contributed by atoms with Crippen molar-refractivity contribution in [3.63, 3.8) is 0 Å². The fourth-order valence-electron chi connectivity index (χ4n) is 3.01. The molecule has 0 saturated heterocycles. The van der Waals surface area contributed by atoms with E-state index in [1.54, 1.807) is 0 Å². The summed E-state index contributed by atoms with van der Waals surface area (Å²) in [5.41, 5.74) is 1.70. The summed E-state index contributed by atoms with van der Waals surface area (Å²) in [6, 6.07) is 11.7. The van der Waals surface area contributed by atoms with E-state index < -0.39 is 8.56 Å². The van der Waals surface area contributed by atoms with Crippen molar-refractivity contribution in [1.29, 1.82) is 0 Å². The molecule has 0 aromatic heterocycles. The molecule has 0 heterocycles. The molecular weight excluding hydrogens is 300 g/mol. The zero-order chi connectivity index (χ0) is 15.6. The fraction of sp³-hybridized carbons (Fsp3) is 0.647. The fourth-order valence-corrected chi connectivity index (χ4v) is 7.30. The zero-order valence-electron chi connectivity index (χ0n) is 13.6.